The lowest BCUT2D eigenvalue weighted by Crippen LogP contribution is -2.35. The van der Waals surface area contributed by atoms with Gasteiger partial charge in [0, 0.05) is 48.2 Å². The predicted molar refractivity (Wildman–Crippen MR) is 139 cm³/mol. The fourth-order valence-electron chi connectivity index (χ4n) is 5.37. The van der Waals surface area contributed by atoms with E-state index in [0.29, 0.717) is 36.6 Å². The van der Waals surface area contributed by atoms with Gasteiger partial charge in [-0.3, -0.25) is 4.79 Å². The van der Waals surface area contributed by atoms with Crippen LogP contribution in [-0.2, 0) is 6.42 Å². The Morgan fingerprint density at radius 1 is 1.18 bits per heavy atom. The summed E-state index contributed by atoms with van der Waals surface area (Å²) in [4.78, 5) is 30.9. The Hall–Kier alpha value is -4.47. The van der Waals surface area contributed by atoms with Crippen LogP contribution < -0.4 is 20.4 Å². The van der Waals surface area contributed by atoms with Crippen molar-refractivity contribution in [2.75, 3.05) is 29.9 Å². The number of pyridine rings is 2. The number of carboxylic acid groups (broad SMARTS) is 1. The fraction of sp³-hybridized carbons (Fsp3) is 0.250. The van der Waals surface area contributed by atoms with Crippen molar-refractivity contribution in [2.45, 2.75) is 25.3 Å². The lowest BCUT2D eigenvalue weighted by atomic mass is 10.1. The maximum atomic E-state index is 15.6. The maximum absolute atomic E-state index is 15.6. The van der Waals surface area contributed by atoms with Crippen molar-refractivity contribution in [3.8, 4) is 11.6 Å². The zero-order chi connectivity index (χ0) is 26.4. The summed E-state index contributed by atoms with van der Waals surface area (Å²) in [5.41, 5.74) is 0.323. The summed E-state index contributed by atoms with van der Waals surface area (Å²) in [6.45, 7) is 1.44. The molecule has 4 heterocycles. The third-order valence-electron chi connectivity index (χ3n) is 7.22. The number of anilines is 2. The van der Waals surface area contributed by atoms with Crippen LogP contribution in [0.3, 0.4) is 0 Å². The molecule has 0 unspecified atom stereocenters. The lowest BCUT2D eigenvalue weighted by Gasteiger charge is -2.28. The first-order valence-electron chi connectivity index (χ1n) is 12.4. The molecular formula is C28H24F2N4O4. The Morgan fingerprint density at radius 3 is 2.84 bits per heavy atom. The second-order valence-corrected chi connectivity index (χ2v) is 9.44. The molecule has 1 atom stereocenters. The first kappa shape index (κ1) is 23.9. The van der Waals surface area contributed by atoms with Gasteiger partial charge in [0.15, 0.2) is 5.82 Å². The van der Waals surface area contributed by atoms with Crippen LogP contribution in [0, 0.1) is 11.6 Å². The molecule has 2 aromatic heterocycles. The van der Waals surface area contributed by atoms with Crippen LogP contribution in [0.15, 0.2) is 59.7 Å². The largest absolute Gasteiger partial charge is 0.477 e. The zero-order valence-corrected chi connectivity index (χ0v) is 20.3. The number of nitrogens with zero attached hydrogens (tertiary/aromatic N) is 3. The minimum absolute atomic E-state index is 0.0916. The van der Waals surface area contributed by atoms with E-state index in [-0.39, 0.29) is 34.9 Å². The van der Waals surface area contributed by atoms with E-state index in [1.807, 2.05) is 11.0 Å². The summed E-state index contributed by atoms with van der Waals surface area (Å²) < 4.78 is 38.3. The molecule has 2 aliphatic rings. The number of benzene rings is 2. The van der Waals surface area contributed by atoms with Crippen molar-refractivity contribution in [3.05, 3.63) is 87.8 Å². The molecule has 0 radical (unpaired) electrons. The van der Waals surface area contributed by atoms with Crippen LogP contribution in [0.25, 0.3) is 16.6 Å². The van der Waals surface area contributed by atoms with Crippen LogP contribution in [0.2, 0.25) is 0 Å². The minimum atomic E-state index is -1.47. The monoisotopic (exact) mass is 518 g/mol. The number of halogens is 2. The number of rotatable bonds is 6. The molecule has 0 aliphatic carbocycles. The van der Waals surface area contributed by atoms with Crippen LogP contribution in [-0.4, -0.2) is 46.4 Å². The number of hydrogen-bond acceptors (Lipinski definition) is 6. The van der Waals surface area contributed by atoms with E-state index < -0.39 is 28.6 Å². The van der Waals surface area contributed by atoms with Gasteiger partial charge in [-0.25, -0.2) is 18.6 Å². The second kappa shape index (κ2) is 9.44. The van der Waals surface area contributed by atoms with Crippen molar-refractivity contribution in [3.63, 3.8) is 0 Å². The Bertz CT molecular complexity index is 1620. The van der Waals surface area contributed by atoms with Gasteiger partial charge in [-0.2, -0.15) is 0 Å². The van der Waals surface area contributed by atoms with Crippen LogP contribution >= 0.6 is 0 Å². The Kier molecular flexibility index (Phi) is 5.94. The van der Waals surface area contributed by atoms with E-state index in [1.165, 1.54) is 16.7 Å². The molecule has 2 N–H and O–H groups in total. The van der Waals surface area contributed by atoms with E-state index in [0.717, 1.165) is 25.1 Å². The number of aromatic nitrogens is 2. The number of nitrogens with one attached hydrogen (secondary N) is 1. The van der Waals surface area contributed by atoms with E-state index in [1.54, 1.807) is 24.4 Å². The fourth-order valence-corrected chi connectivity index (χ4v) is 5.37. The highest BCUT2D eigenvalue weighted by Crippen LogP contribution is 2.34. The third kappa shape index (κ3) is 4.02. The van der Waals surface area contributed by atoms with Gasteiger partial charge < -0.3 is 24.6 Å². The molecule has 0 amide bonds. The summed E-state index contributed by atoms with van der Waals surface area (Å²) in [5.74, 6) is -2.17. The van der Waals surface area contributed by atoms with E-state index in [9.17, 15) is 14.7 Å². The van der Waals surface area contributed by atoms with Gasteiger partial charge in [-0.05, 0) is 49.6 Å². The summed E-state index contributed by atoms with van der Waals surface area (Å²) in [7, 11) is 0. The first-order valence-corrected chi connectivity index (χ1v) is 12.4. The normalized spacial score (nSPS) is 16.5. The highest BCUT2D eigenvalue weighted by molar-refractivity contribution is 5.94. The number of ether oxygens (including phenoxy) is 1. The van der Waals surface area contributed by atoms with Gasteiger partial charge in [0.25, 0.3) is 0 Å². The van der Waals surface area contributed by atoms with Crippen molar-refractivity contribution < 1.29 is 23.4 Å². The molecule has 0 bridgehead atoms. The topological polar surface area (TPSA) is 96.7 Å². The summed E-state index contributed by atoms with van der Waals surface area (Å²) >= 11 is 0. The van der Waals surface area contributed by atoms with Gasteiger partial charge >= 0.3 is 5.97 Å². The van der Waals surface area contributed by atoms with Crippen molar-refractivity contribution in [1.29, 1.82) is 0 Å². The highest BCUT2D eigenvalue weighted by atomic mass is 19.1. The molecule has 194 valence electrons. The maximum Gasteiger partial charge on any atom is 0.341 e. The standard InChI is InChI=1S/C28H24F2N4O4/c29-20-12-18-23(13-24(20)33-11-3-4-16(33)15-38-25-5-1-2-9-32-25)34(14-19(27(18)35)28(36)37)22-7-6-21-17(26(22)30)8-10-31-21/h1-2,5-7,9,12-14,16,31H,3-4,8,10-11,15H2,(H,36,37)/t16-/m1/s1. The Labute approximate surface area is 216 Å². The van der Waals surface area contributed by atoms with Crippen LogP contribution in [0.4, 0.5) is 20.2 Å². The van der Waals surface area contributed by atoms with E-state index in [2.05, 4.69) is 10.3 Å². The van der Waals surface area contributed by atoms with E-state index >= 15 is 8.78 Å². The highest BCUT2D eigenvalue weighted by Gasteiger charge is 2.29. The van der Waals surface area contributed by atoms with Crippen LogP contribution in [0.5, 0.6) is 5.88 Å². The summed E-state index contributed by atoms with van der Waals surface area (Å²) in [6.07, 6.45) is 4.80. The molecule has 4 aromatic rings. The molecular weight excluding hydrogens is 494 g/mol. The average Bonchev–Trinajstić information content (AvgIpc) is 3.59. The summed E-state index contributed by atoms with van der Waals surface area (Å²) in [5, 5.41) is 12.6. The van der Waals surface area contributed by atoms with Crippen LogP contribution in [0.1, 0.15) is 28.8 Å². The second-order valence-electron chi connectivity index (χ2n) is 9.44. The average molecular weight is 519 g/mol. The molecule has 6 rings (SSSR count). The van der Waals surface area contributed by atoms with Gasteiger partial charge in [-0.1, -0.05) is 6.07 Å². The van der Waals surface area contributed by atoms with Crippen molar-refractivity contribution >= 4 is 28.2 Å². The molecule has 2 aliphatic heterocycles. The molecule has 0 spiro atoms. The lowest BCUT2D eigenvalue weighted by molar-refractivity contribution is 0.0695. The molecule has 1 saturated heterocycles. The number of hydrogen-bond donors (Lipinski definition) is 2. The third-order valence-corrected chi connectivity index (χ3v) is 7.22. The van der Waals surface area contributed by atoms with Gasteiger partial charge in [-0.15, -0.1) is 0 Å². The Morgan fingerprint density at radius 2 is 2.05 bits per heavy atom. The number of aromatic carboxylic acids is 1. The first-order chi connectivity index (χ1) is 18.4. The van der Waals surface area contributed by atoms with Crippen molar-refractivity contribution in [1.82, 2.24) is 9.55 Å². The molecule has 10 heteroatoms. The molecule has 2 aromatic carbocycles. The predicted octanol–water partition coefficient (Wildman–Crippen LogP) is 4.38. The summed E-state index contributed by atoms with van der Waals surface area (Å²) in [6, 6.07) is 11.0. The molecule has 38 heavy (non-hydrogen) atoms. The number of carboxylic acids is 1. The molecule has 8 nitrogen and oxygen atoms in total. The number of carbonyl (C=O) groups is 1. The minimum Gasteiger partial charge on any atom is -0.477 e. The zero-order valence-electron chi connectivity index (χ0n) is 20.3. The smallest absolute Gasteiger partial charge is 0.341 e. The molecule has 0 saturated carbocycles. The van der Waals surface area contributed by atoms with E-state index in [4.69, 9.17) is 4.74 Å². The van der Waals surface area contributed by atoms with Gasteiger partial charge in [0.1, 0.15) is 18.0 Å². The SMILES string of the molecule is O=C(O)c1cn(-c2ccc3c(c2F)CCN3)c2cc(N3CCC[C@@H]3COc3ccccn3)c(F)cc2c1=O. The van der Waals surface area contributed by atoms with Crippen molar-refractivity contribution in [2.24, 2.45) is 0 Å². The number of fused-ring (bicyclic) bond motifs is 2. The molecule has 1 fully saturated rings. The Balaban J connectivity index is 1.48. The quantitative estimate of drug-likeness (QED) is 0.391. The van der Waals surface area contributed by atoms with Gasteiger partial charge in [0.2, 0.25) is 11.3 Å². The van der Waals surface area contributed by atoms with Gasteiger partial charge in [0.05, 0.1) is 22.9 Å².